The molecule has 1 heterocycles. The third-order valence-corrected chi connectivity index (χ3v) is 3.58. The molecule has 1 amide bonds. The summed E-state index contributed by atoms with van der Waals surface area (Å²) < 4.78 is 5.26. The highest BCUT2D eigenvalue weighted by Crippen LogP contribution is 2.28. The summed E-state index contributed by atoms with van der Waals surface area (Å²) in [5, 5.41) is 2.01. The van der Waals surface area contributed by atoms with E-state index < -0.39 is 11.7 Å². The molecule has 0 atom stereocenters. The van der Waals surface area contributed by atoms with Crippen molar-refractivity contribution in [3.63, 3.8) is 0 Å². The van der Waals surface area contributed by atoms with Crippen molar-refractivity contribution in [2.24, 2.45) is 5.84 Å². The van der Waals surface area contributed by atoms with Gasteiger partial charge in [-0.05, 0) is 45.4 Å². The number of ether oxygens (including phenoxy) is 1. The van der Waals surface area contributed by atoms with E-state index in [0.717, 1.165) is 20.5 Å². The van der Waals surface area contributed by atoms with Gasteiger partial charge in [0.15, 0.2) is 0 Å². The number of hydrazine groups is 1. The SMILES string of the molecule is Cc1ncc(-c2cccc(N(N)C(=O)OC(C)(C)C)c2)s1. The maximum Gasteiger partial charge on any atom is 0.429 e. The average molecular weight is 305 g/mol. The first kappa shape index (κ1) is 15.5. The number of hydrogen-bond acceptors (Lipinski definition) is 5. The Bertz CT molecular complexity index is 646. The quantitative estimate of drug-likeness (QED) is 0.521. The first-order chi connectivity index (χ1) is 9.76. The van der Waals surface area contributed by atoms with E-state index in [1.165, 1.54) is 0 Å². The Hall–Kier alpha value is -1.92. The van der Waals surface area contributed by atoms with Crippen LogP contribution in [0.2, 0.25) is 0 Å². The Balaban J connectivity index is 2.23. The molecule has 1 aromatic carbocycles. The summed E-state index contributed by atoms with van der Waals surface area (Å²) in [5.41, 5.74) is 0.964. The molecule has 2 N–H and O–H groups in total. The average Bonchev–Trinajstić information content (AvgIpc) is 2.83. The molecule has 0 aliphatic carbocycles. The lowest BCUT2D eigenvalue weighted by atomic mass is 10.2. The third kappa shape index (κ3) is 4.03. The number of hydrogen-bond donors (Lipinski definition) is 1. The van der Waals surface area contributed by atoms with E-state index in [0.29, 0.717) is 5.69 Å². The van der Waals surface area contributed by atoms with Crippen molar-refractivity contribution in [1.29, 1.82) is 0 Å². The summed E-state index contributed by atoms with van der Waals surface area (Å²) >= 11 is 1.59. The minimum absolute atomic E-state index is 0.577. The normalized spacial score (nSPS) is 11.3. The van der Waals surface area contributed by atoms with Gasteiger partial charge in [-0.15, -0.1) is 11.3 Å². The van der Waals surface area contributed by atoms with E-state index in [-0.39, 0.29) is 0 Å². The predicted molar refractivity (Wildman–Crippen MR) is 85.2 cm³/mol. The highest BCUT2D eigenvalue weighted by atomic mass is 32.1. The molecular weight excluding hydrogens is 286 g/mol. The third-order valence-electron chi connectivity index (χ3n) is 2.62. The molecule has 5 nitrogen and oxygen atoms in total. The molecule has 0 unspecified atom stereocenters. The number of rotatable bonds is 2. The second-order valence-corrected chi connectivity index (χ2v) is 6.88. The predicted octanol–water partition coefficient (Wildman–Crippen LogP) is 3.73. The number of aromatic nitrogens is 1. The van der Waals surface area contributed by atoms with Crippen molar-refractivity contribution >= 4 is 23.1 Å². The lowest BCUT2D eigenvalue weighted by molar-refractivity contribution is 0.0580. The van der Waals surface area contributed by atoms with Crippen molar-refractivity contribution in [1.82, 2.24) is 4.98 Å². The molecule has 0 fully saturated rings. The molecule has 0 saturated carbocycles. The molecule has 2 rings (SSSR count). The van der Waals surface area contributed by atoms with Gasteiger partial charge in [0.1, 0.15) is 5.60 Å². The van der Waals surface area contributed by atoms with E-state index in [1.807, 2.05) is 31.3 Å². The summed E-state index contributed by atoms with van der Waals surface area (Å²) in [6.45, 7) is 7.35. The minimum atomic E-state index is -0.583. The number of aryl methyl sites for hydroxylation is 1. The van der Waals surface area contributed by atoms with Crippen molar-refractivity contribution in [3.05, 3.63) is 35.5 Å². The van der Waals surface area contributed by atoms with Gasteiger partial charge in [0.05, 0.1) is 15.6 Å². The minimum Gasteiger partial charge on any atom is -0.442 e. The van der Waals surface area contributed by atoms with Gasteiger partial charge in [0.2, 0.25) is 0 Å². The largest absolute Gasteiger partial charge is 0.442 e. The van der Waals surface area contributed by atoms with Crippen LogP contribution in [-0.4, -0.2) is 16.7 Å². The Labute approximate surface area is 128 Å². The summed E-state index contributed by atoms with van der Waals surface area (Å²) in [6.07, 6.45) is 1.23. The van der Waals surface area contributed by atoms with E-state index in [1.54, 1.807) is 38.2 Å². The van der Waals surface area contributed by atoms with Crippen LogP contribution in [-0.2, 0) is 4.74 Å². The van der Waals surface area contributed by atoms with Crippen LogP contribution < -0.4 is 10.9 Å². The van der Waals surface area contributed by atoms with Crippen molar-refractivity contribution in [2.45, 2.75) is 33.3 Å². The number of thiazole rings is 1. The number of amides is 1. The second kappa shape index (κ2) is 5.83. The number of carbonyl (C=O) groups is 1. The van der Waals surface area contributed by atoms with Crippen LogP contribution in [0, 0.1) is 6.92 Å². The monoisotopic (exact) mass is 305 g/mol. The fourth-order valence-electron chi connectivity index (χ4n) is 1.72. The maximum absolute atomic E-state index is 12.0. The zero-order valence-electron chi connectivity index (χ0n) is 12.6. The van der Waals surface area contributed by atoms with E-state index >= 15 is 0 Å². The van der Waals surface area contributed by atoms with Gasteiger partial charge < -0.3 is 4.74 Å². The number of carbonyl (C=O) groups excluding carboxylic acids is 1. The zero-order valence-corrected chi connectivity index (χ0v) is 13.4. The van der Waals surface area contributed by atoms with Gasteiger partial charge >= 0.3 is 6.09 Å². The highest BCUT2D eigenvalue weighted by molar-refractivity contribution is 7.15. The summed E-state index contributed by atoms with van der Waals surface area (Å²) in [5.74, 6) is 5.84. The van der Waals surface area contributed by atoms with E-state index in [9.17, 15) is 4.79 Å². The smallest absolute Gasteiger partial charge is 0.429 e. The maximum atomic E-state index is 12.0. The van der Waals surface area contributed by atoms with Crippen LogP contribution in [0.3, 0.4) is 0 Å². The van der Waals surface area contributed by atoms with Gasteiger partial charge in [-0.1, -0.05) is 12.1 Å². The highest BCUT2D eigenvalue weighted by Gasteiger charge is 2.21. The molecule has 0 saturated heterocycles. The van der Waals surface area contributed by atoms with Crippen LogP contribution >= 0.6 is 11.3 Å². The molecule has 6 heteroatoms. The molecule has 0 radical (unpaired) electrons. The van der Waals surface area contributed by atoms with Crippen LogP contribution in [0.15, 0.2) is 30.5 Å². The summed E-state index contributed by atoms with van der Waals surface area (Å²) in [7, 11) is 0. The van der Waals surface area contributed by atoms with Crippen molar-refractivity contribution in [3.8, 4) is 10.4 Å². The molecular formula is C15H19N3O2S. The first-order valence-corrected chi connectivity index (χ1v) is 7.38. The van der Waals surface area contributed by atoms with Gasteiger partial charge in [-0.25, -0.2) is 20.6 Å². The van der Waals surface area contributed by atoms with E-state index in [4.69, 9.17) is 10.6 Å². The van der Waals surface area contributed by atoms with Crippen LogP contribution in [0.5, 0.6) is 0 Å². The van der Waals surface area contributed by atoms with Crippen LogP contribution in [0.25, 0.3) is 10.4 Å². The number of anilines is 1. The Morgan fingerprint density at radius 2 is 2.10 bits per heavy atom. The number of benzene rings is 1. The second-order valence-electron chi connectivity index (χ2n) is 5.64. The van der Waals surface area contributed by atoms with Gasteiger partial charge in [0, 0.05) is 6.20 Å². The molecule has 0 aliphatic rings. The molecule has 21 heavy (non-hydrogen) atoms. The number of nitrogens with two attached hydrogens (primary N) is 1. The fraction of sp³-hybridized carbons (Fsp3) is 0.333. The topological polar surface area (TPSA) is 68.5 Å². The molecule has 0 aliphatic heterocycles. The number of nitrogens with zero attached hydrogens (tertiary/aromatic N) is 2. The fourth-order valence-corrected chi connectivity index (χ4v) is 2.49. The summed E-state index contributed by atoms with van der Waals surface area (Å²) in [6, 6.07) is 7.42. The Kier molecular flexibility index (Phi) is 4.29. The van der Waals surface area contributed by atoms with Gasteiger partial charge in [0.25, 0.3) is 0 Å². The summed E-state index contributed by atoms with van der Waals surface area (Å²) in [4.78, 5) is 17.2. The molecule has 1 aromatic heterocycles. The molecule has 2 aromatic rings. The molecule has 112 valence electrons. The lowest BCUT2D eigenvalue weighted by Crippen LogP contribution is -2.41. The zero-order chi connectivity index (χ0) is 15.6. The van der Waals surface area contributed by atoms with Crippen molar-refractivity contribution in [2.75, 3.05) is 5.01 Å². The van der Waals surface area contributed by atoms with Gasteiger partial charge in [-0.2, -0.15) is 0 Å². The van der Waals surface area contributed by atoms with Gasteiger partial charge in [-0.3, -0.25) is 0 Å². The lowest BCUT2D eigenvalue weighted by Gasteiger charge is -2.24. The Morgan fingerprint density at radius 1 is 1.38 bits per heavy atom. The van der Waals surface area contributed by atoms with Crippen molar-refractivity contribution < 1.29 is 9.53 Å². The van der Waals surface area contributed by atoms with E-state index in [2.05, 4.69) is 4.98 Å². The molecule has 0 spiro atoms. The first-order valence-electron chi connectivity index (χ1n) is 6.57. The standard InChI is InChI=1S/C15H19N3O2S/c1-10-17-9-13(21-10)11-6-5-7-12(8-11)18(16)14(19)20-15(2,3)4/h5-9H,16H2,1-4H3. The Morgan fingerprint density at radius 3 is 2.67 bits per heavy atom. The van der Waals surface area contributed by atoms with Crippen LogP contribution in [0.4, 0.5) is 10.5 Å². The molecule has 0 bridgehead atoms. The van der Waals surface area contributed by atoms with Crippen LogP contribution in [0.1, 0.15) is 25.8 Å².